The highest BCUT2D eigenvalue weighted by atomic mass is 19.1. The van der Waals surface area contributed by atoms with Gasteiger partial charge >= 0.3 is 0 Å². The predicted molar refractivity (Wildman–Crippen MR) is 55.8 cm³/mol. The predicted octanol–water partition coefficient (Wildman–Crippen LogP) is 0.639. The monoisotopic (exact) mass is 211 g/mol. The largest absolute Gasteiger partial charge is 0.493 e. The Morgan fingerprint density at radius 1 is 1.47 bits per heavy atom. The van der Waals surface area contributed by atoms with Crippen molar-refractivity contribution in [2.45, 2.75) is 0 Å². The van der Waals surface area contributed by atoms with Crippen LogP contribution in [0.3, 0.4) is 0 Å². The Hall–Kier alpha value is -1.36. The Labute approximate surface area is 88.1 Å². The van der Waals surface area contributed by atoms with Crippen molar-refractivity contribution in [3.05, 3.63) is 18.1 Å². The van der Waals surface area contributed by atoms with Gasteiger partial charge in [0.2, 0.25) is 0 Å². The Morgan fingerprint density at radius 2 is 2.20 bits per heavy atom. The second kappa shape index (κ2) is 4.44. The number of methoxy groups -OCH3 is 1. The van der Waals surface area contributed by atoms with Crippen LogP contribution in [-0.4, -0.2) is 38.3 Å². The van der Waals surface area contributed by atoms with E-state index < -0.39 is 0 Å². The summed E-state index contributed by atoms with van der Waals surface area (Å²) in [7, 11) is 1.53. The number of hydrogen-bond donors (Lipinski definition) is 1. The quantitative estimate of drug-likeness (QED) is 0.779. The van der Waals surface area contributed by atoms with Crippen LogP contribution >= 0.6 is 0 Å². The van der Waals surface area contributed by atoms with Gasteiger partial charge in [0.05, 0.1) is 13.3 Å². The number of halogens is 1. The standard InChI is InChI=1S/C10H14FN3O/c1-15-9-6-8(11)7-13-10(9)14-4-2-12-3-5-14/h6-7,12H,2-5H2,1H3. The molecule has 0 spiro atoms. The van der Waals surface area contributed by atoms with Crippen LogP contribution in [0, 0.1) is 5.82 Å². The van der Waals surface area contributed by atoms with Crippen molar-refractivity contribution in [2.24, 2.45) is 0 Å². The summed E-state index contributed by atoms with van der Waals surface area (Å²) in [6, 6.07) is 1.37. The molecule has 0 aromatic carbocycles. The van der Waals surface area contributed by atoms with Gasteiger partial charge in [0.15, 0.2) is 11.6 Å². The molecule has 1 fully saturated rings. The number of hydrogen-bond acceptors (Lipinski definition) is 4. The van der Waals surface area contributed by atoms with Gasteiger partial charge in [0.25, 0.3) is 0 Å². The van der Waals surface area contributed by atoms with E-state index in [9.17, 15) is 4.39 Å². The minimum atomic E-state index is -0.370. The van der Waals surface area contributed by atoms with Gasteiger partial charge in [-0.1, -0.05) is 0 Å². The molecule has 1 N–H and O–H groups in total. The zero-order valence-corrected chi connectivity index (χ0v) is 8.66. The first-order valence-corrected chi connectivity index (χ1v) is 4.96. The molecular weight excluding hydrogens is 197 g/mol. The maximum atomic E-state index is 12.9. The van der Waals surface area contributed by atoms with E-state index in [1.165, 1.54) is 19.4 Å². The van der Waals surface area contributed by atoms with Crippen molar-refractivity contribution in [2.75, 3.05) is 38.2 Å². The fraction of sp³-hybridized carbons (Fsp3) is 0.500. The summed E-state index contributed by atoms with van der Waals surface area (Å²) in [6.07, 6.45) is 1.22. The number of nitrogens with one attached hydrogen (secondary N) is 1. The number of nitrogens with zero attached hydrogens (tertiary/aromatic N) is 2. The third kappa shape index (κ3) is 2.18. The highest BCUT2D eigenvalue weighted by molar-refractivity contribution is 5.52. The van der Waals surface area contributed by atoms with Gasteiger partial charge < -0.3 is 15.0 Å². The summed E-state index contributed by atoms with van der Waals surface area (Å²) in [5.41, 5.74) is 0. The Balaban J connectivity index is 2.25. The average Bonchev–Trinajstić information content (AvgIpc) is 2.30. The lowest BCUT2D eigenvalue weighted by atomic mass is 10.3. The van der Waals surface area contributed by atoms with Crippen molar-refractivity contribution in [3.63, 3.8) is 0 Å². The van der Waals surface area contributed by atoms with Crippen LogP contribution in [0.1, 0.15) is 0 Å². The molecule has 1 aromatic heterocycles. The molecule has 0 bridgehead atoms. The lowest BCUT2D eigenvalue weighted by Crippen LogP contribution is -2.44. The first-order chi connectivity index (χ1) is 7.31. The SMILES string of the molecule is COc1cc(F)cnc1N1CCNCC1. The van der Waals surface area contributed by atoms with Crippen LogP contribution in [0.2, 0.25) is 0 Å². The second-order valence-electron chi connectivity index (χ2n) is 3.42. The Morgan fingerprint density at radius 3 is 2.87 bits per heavy atom. The van der Waals surface area contributed by atoms with Crippen LogP contribution < -0.4 is 15.0 Å². The number of rotatable bonds is 2. The maximum Gasteiger partial charge on any atom is 0.171 e. The van der Waals surface area contributed by atoms with Crippen molar-refractivity contribution < 1.29 is 9.13 Å². The van der Waals surface area contributed by atoms with E-state index >= 15 is 0 Å². The van der Waals surface area contributed by atoms with Gasteiger partial charge in [-0.25, -0.2) is 9.37 Å². The first-order valence-electron chi connectivity index (χ1n) is 4.96. The molecule has 1 aliphatic rings. The number of aromatic nitrogens is 1. The zero-order valence-electron chi connectivity index (χ0n) is 8.66. The number of ether oxygens (including phenoxy) is 1. The summed E-state index contributed by atoms with van der Waals surface area (Å²) in [4.78, 5) is 6.16. The molecule has 4 nitrogen and oxygen atoms in total. The fourth-order valence-corrected chi connectivity index (χ4v) is 1.68. The first kappa shape index (κ1) is 10.2. The molecule has 0 aliphatic carbocycles. The van der Waals surface area contributed by atoms with Gasteiger partial charge in [-0.2, -0.15) is 0 Å². The highest BCUT2D eigenvalue weighted by Gasteiger charge is 2.16. The van der Waals surface area contributed by atoms with Crippen LogP contribution in [0.15, 0.2) is 12.3 Å². The Bertz CT molecular complexity index is 339. The summed E-state index contributed by atoms with van der Waals surface area (Å²) in [5.74, 6) is 0.850. The fourth-order valence-electron chi connectivity index (χ4n) is 1.68. The van der Waals surface area contributed by atoms with Gasteiger partial charge in [-0.3, -0.25) is 0 Å². The van der Waals surface area contributed by atoms with Crippen LogP contribution in [0.25, 0.3) is 0 Å². The van der Waals surface area contributed by atoms with Crippen molar-refractivity contribution in [1.29, 1.82) is 0 Å². The van der Waals surface area contributed by atoms with E-state index in [-0.39, 0.29) is 5.82 Å². The molecule has 5 heteroatoms. The molecular formula is C10H14FN3O. The van der Waals surface area contributed by atoms with E-state index in [4.69, 9.17) is 4.74 Å². The topological polar surface area (TPSA) is 37.4 Å². The van der Waals surface area contributed by atoms with E-state index in [1.54, 1.807) is 0 Å². The molecule has 2 heterocycles. The molecule has 0 radical (unpaired) electrons. The number of piperazine rings is 1. The van der Waals surface area contributed by atoms with E-state index in [0.717, 1.165) is 32.0 Å². The third-order valence-electron chi connectivity index (χ3n) is 2.44. The zero-order chi connectivity index (χ0) is 10.7. The molecule has 1 saturated heterocycles. The minimum Gasteiger partial charge on any atom is -0.493 e. The molecule has 0 amide bonds. The molecule has 0 unspecified atom stereocenters. The molecule has 0 saturated carbocycles. The van der Waals surface area contributed by atoms with Crippen LogP contribution in [-0.2, 0) is 0 Å². The summed E-state index contributed by atoms with van der Waals surface area (Å²) < 4.78 is 18.0. The van der Waals surface area contributed by atoms with Crippen molar-refractivity contribution in [1.82, 2.24) is 10.3 Å². The molecule has 1 aliphatic heterocycles. The van der Waals surface area contributed by atoms with E-state index in [2.05, 4.69) is 15.2 Å². The normalized spacial score (nSPS) is 16.5. The van der Waals surface area contributed by atoms with Crippen molar-refractivity contribution >= 4 is 5.82 Å². The molecule has 2 rings (SSSR count). The number of pyridine rings is 1. The Kier molecular flexibility index (Phi) is 3.01. The molecule has 0 atom stereocenters. The summed E-state index contributed by atoms with van der Waals surface area (Å²) in [5, 5.41) is 3.25. The van der Waals surface area contributed by atoms with Gasteiger partial charge in [-0.05, 0) is 0 Å². The van der Waals surface area contributed by atoms with E-state index in [1.807, 2.05) is 0 Å². The lowest BCUT2D eigenvalue weighted by molar-refractivity contribution is 0.406. The highest BCUT2D eigenvalue weighted by Crippen LogP contribution is 2.25. The smallest absolute Gasteiger partial charge is 0.171 e. The summed E-state index contributed by atoms with van der Waals surface area (Å²) in [6.45, 7) is 3.58. The minimum absolute atomic E-state index is 0.370. The maximum absolute atomic E-state index is 12.9. The van der Waals surface area contributed by atoms with Crippen LogP contribution in [0.4, 0.5) is 10.2 Å². The molecule has 15 heavy (non-hydrogen) atoms. The van der Waals surface area contributed by atoms with Crippen molar-refractivity contribution in [3.8, 4) is 5.75 Å². The second-order valence-corrected chi connectivity index (χ2v) is 3.42. The van der Waals surface area contributed by atoms with Gasteiger partial charge in [-0.15, -0.1) is 0 Å². The number of anilines is 1. The molecule has 82 valence electrons. The summed E-state index contributed by atoms with van der Waals surface area (Å²) >= 11 is 0. The lowest BCUT2D eigenvalue weighted by Gasteiger charge is -2.29. The molecule has 1 aromatic rings. The van der Waals surface area contributed by atoms with E-state index in [0.29, 0.717) is 5.75 Å². The van der Waals surface area contributed by atoms with Crippen LogP contribution in [0.5, 0.6) is 5.75 Å². The van der Waals surface area contributed by atoms with Gasteiger partial charge in [0, 0.05) is 32.2 Å². The average molecular weight is 211 g/mol. The van der Waals surface area contributed by atoms with Gasteiger partial charge in [0.1, 0.15) is 5.82 Å². The third-order valence-corrected chi connectivity index (χ3v) is 2.44.